The Morgan fingerprint density at radius 3 is 2.67 bits per heavy atom. The molecule has 0 aliphatic rings. The van der Waals surface area contributed by atoms with Gasteiger partial charge in [-0.2, -0.15) is 0 Å². The van der Waals surface area contributed by atoms with E-state index in [1.54, 1.807) is 25.1 Å². The molecular formula is C14H10BrClN2O3. The first kappa shape index (κ1) is 15.5. The zero-order valence-electron chi connectivity index (χ0n) is 10.9. The number of aryl methyl sites for hydroxylation is 1. The summed E-state index contributed by atoms with van der Waals surface area (Å²) in [6.45, 7) is 1.74. The molecule has 0 aromatic heterocycles. The first-order valence-electron chi connectivity index (χ1n) is 5.90. The number of carbonyl (C=O) groups is 1. The molecule has 108 valence electrons. The number of benzene rings is 2. The second kappa shape index (κ2) is 6.24. The van der Waals surface area contributed by atoms with Gasteiger partial charge in [0.2, 0.25) is 0 Å². The summed E-state index contributed by atoms with van der Waals surface area (Å²) in [6, 6.07) is 9.36. The fraction of sp³-hybridized carbons (Fsp3) is 0.0714. The first-order valence-corrected chi connectivity index (χ1v) is 7.07. The Labute approximate surface area is 134 Å². The van der Waals surface area contributed by atoms with Gasteiger partial charge in [-0.05, 0) is 52.7 Å². The molecule has 0 radical (unpaired) electrons. The highest BCUT2D eigenvalue weighted by Gasteiger charge is 2.18. The van der Waals surface area contributed by atoms with Crippen molar-refractivity contribution in [3.63, 3.8) is 0 Å². The zero-order chi connectivity index (χ0) is 15.6. The predicted octanol–water partition coefficient (Wildman–Crippen LogP) is 4.57. The van der Waals surface area contributed by atoms with E-state index < -0.39 is 10.8 Å². The van der Waals surface area contributed by atoms with E-state index in [4.69, 9.17) is 11.6 Å². The average molecular weight is 370 g/mol. The molecule has 7 heteroatoms. The van der Waals surface area contributed by atoms with Gasteiger partial charge in [-0.1, -0.05) is 17.7 Å². The molecule has 2 aromatic rings. The third-order valence-corrected chi connectivity index (χ3v) is 3.70. The Hall–Kier alpha value is -1.92. The molecule has 0 saturated heterocycles. The number of nitrogens with zero attached hydrogens (tertiary/aromatic N) is 1. The molecule has 2 aromatic carbocycles. The van der Waals surface area contributed by atoms with Crippen molar-refractivity contribution in [2.24, 2.45) is 0 Å². The zero-order valence-corrected chi connectivity index (χ0v) is 13.2. The standard InChI is InChI=1S/C14H10BrClN2O3/c1-8-2-5-12(13(6-8)18(20)21)17-14(19)10-7-9(16)3-4-11(10)15/h2-7H,1H3,(H,17,19). The highest BCUT2D eigenvalue weighted by molar-refractivity contribution is 9.10. The van der Waals surface area contributed by atoms with Crippen LogP contribution in [0, 0.1) is 17.0 Å². The van der Waals surface area contributed by atoms with Crippen LogP contribution < -0.4 is 5.32 Å². The number of halogens is 2. The summed E-state index contributed by atoms with van der Waals surface area (Å²) in [4.78, 5) is 22.7. The summed E-state index contributed by atoms with van der Waals surface area (Å²) >= 11 is 9.11. The van der Waals surface area contributed by atoms with Crippen LogP contribution in [0.2, 0.25) is 5.02 Å². The summed E-state index contributed by atoms with van der Waals surface area (Å²) in [7, 11) is 0. The molecule has 0 spiro atoms. The summed E-state index contributed by atoms with van der Waals surface area (Å²) in [6.07, 6.45) is 0. The quantitative estimate of drug-likeness (QED) is 0.636. The van der Waals surface area contributed by atoms with Crippen LogP contribution in [-0.4, -0.2) is 10.8 Å². The van der Waals surface area contributed by atoms with E-state index in [2.05, 4.69) is 21.2 Å². The van der Waals surface area contributed by atoms with Gasteiger partial charge in [-0.3, -0.25) is 14.9 Å². The average Bonchev–Trinajstić information content (AvgIpc) is 2.43. The van der Waals surface area contributed by atoms with E-state index in [0.717, 1.165) is 5.56 Å². The minimum Gasteiger partial charge on any atom is -0.316 e. The largest absolute Gasteiger partial charge is 0.316 e. The molecule has 0 unspecified atom stereocenters. The van der Waals surface area contributed by atoms with Crippen molar-refractivity contribution in [1.82, 2.24) is 0 Å². The molecular weight excluding hydrogens is 360 g/mol. The van der Waals surface area contributed by atoms with Crippen LogP contribution >= 0.6 is 27.5 Å². The lowest BCUT2D eigenvalue weighted by Crippen LogP contribution is -2.13. The molecule has 21 heavy (non-hydrogen) atoms. The number of carbonyl (C=O) groups excluding carboxylic acids is 1. The van der Waals surface area contributed by atoms with E-state index in [9.17, 15) is 14.9 Å². The topological polar surface area (TPSA) is 72.2 Å². The van der Waals surface area contributed by atoms with Crippen molar-refractivity contribution in [2.45, 2.75) is 6.92 Å². The van der Waals surface area contributed by atoms with Crippen molar-refractivity contribution in [2.75, 3.05) is 5.32 Å². The monoisotopic (exact) mass is 368 g/mol. The summed E-state index contributed by atoms with van der Waals surface area (Å²) in [5.74, 6) is -0.476. The van der Waals surface area contributed by atoms with E-state index in [-0.39, 0.29) is 11.4 Å². The minimum absolute atomic E-state index is 0.141. The van der Waals surface area contributed by atoms with Gasteiger partial charge in [0, 0.05) is 15.6 Å². The van der Waals surface area contributed by atoms with Crippen molar-refractivity contribution in [3.8, 4) is 0 Å². The molecule has 0 aliphatic carbocycles. The maximum absolute atomic E-state index is 12.2. The minimum atomic E-state index is -0.532. The Bertz CT molecular complexity index is 734. The number of hydrogen-bond donors (Lipinski definition) is 1. The lowest BCUT2D eigenvalue weighted by atomic mass is 10.1. The van der Waals surface area contributed by atoms with Crippen LogP contribution in [0.5, 0.6) is 0 Å². The normalized spacial score (nSPS) is 10.2. The van der Waals surface area contributed by atoms with Crippen molar-refractivity contribution in [3.05, 3.63) is 67.1 Å². The summed E-state index contributed by atoms with van der Waals surface area (Å²) < 4.78 is 0.555. The molecule has 0 atom stereocenters. The molecule has 0 heterocycles. The molecule has 1 N–H and O–H groups in total. The van der Waals surface area contributed by atoms with Gasteiger partial charge >= 0.3 is 0 Å². The number of anilines is 1. The molecule has 2 rings (SSSR count). The Balaban J connectivity index is 2.36. The molecule has 1 amide bonds. The van der Waals surface area contributed by atoms with Crippen molar-refractivity contribution in [1.29, 1.82) is 0 Å². The second-order valence-corrected chi connectivity index (χ2v) is 5.65. The van der Waals surface area contributed by atoms with Gasteiger partial charge in [0.1, 0.15) is 5.69 Å². The van der Waals surface area contributed by atoms with Gasteiger partial charge in [0.15, 0.2) is 0 Å². The summed E-state index contributed by atoms with van der Waals surface area (Å²) in [5.41, 5.74) is 1.03. The van der Waals surface area contributed by atoms with E-state index >= 15 is 0 Å². The smallest absolute Gasteiger partial charge is 0.293 e. The Morgan fingerprint density at radius 1 is 1.29 bits per heavy atom. The fourth-order valence-electron chi connectivity index (χ4n) is 1.76. The molecule has 0 saturated carbocycles. The van der Waals surface area contributed by atoms with E-state index in [1.807, 2.05) is 0 Å². The van der Waals surface area contributed by atoms with Gasteiger partial charge in [-0.25, -0.2) is 0 Å². The van der Waals surface area contributed by atoms with Crippen molar-refractivity contribution < 1.29 is 9.72 Å². The predicted molar refractivity (Wildman–Crippen MR) is 84.9 cm³/mol. The van der Waals surface area contributed by atoms with Crippen LogP contribution in [0.3, 0.4) is 0 Å². The van der Waals surface area contributed by atoms with E-state index in [0.29, 0.717) is 15.1 Å². The molecule has 5 nitrogen and oxygen atoms in total. The number of rotatable bonds is 3. The molecule has 0 aliphatic heterocycles. The Morgan fingerprint density at radius 2 is 2.00 bits per heavy atom. The lowest BCUT2D eigenvalue weighted by Gasteiger charge is -2.08. The fourth-order valence-corrected chi connectivity index (χ4v) is 2.36. The maximum Gasteiger partial charge on any atom is 0.293 e. The summed E-state index contributed by atoms with van der Waals surface area (Å²) in [5, 5.41) is 14.0. The van der Waals surface area contributed by atoms with Crippen molar-refractivity contribution >= 4 is 44.8 Å². The number of nitrogens with one attached hydrogen (secondary N) is 1. The maximum atomic E-state index is 12.2. The van der Waals surface area contributed by atoms with Gasteiger partial charge in [-0.15, -0.1) is 0 Å². The Kier molecular flexibility index (Phi) is 4.59. The van der Waals surface area contributed by atoms with Crippen LogP contribution in [0.4, 0.5) is 11.4 Å². The highest BCUT2D eigenvalue weighted by atomic mass is 79.9. The number of hydrogen-bond acceptors (Lipinski definition) is 3. The number of amides is 1. The van der Waals surface area contributed by atoms with Crippen LogP contribution in [0.15, 0.2) is 40.9 Å². The number of nitro groups is 1. The van der Waals surface area contributed by atoms with Gasteiger partial charge in [0.05, 0.1) is 10.5 Å². The van der Waals surface area contributed by atoms with E-state index in [1.165, 1.54) is 18.2 Å². The van der Waals surface area contributed by atoms with Crippen LogP contribution in [-0.2, 0) is 0 Å². The van der Waals surface area contributed by atoms with Gasteiger partial charge in [0.25, 0.3) is 11.6 Å². The highest BCUT2D eigenvalue weighted by Crippen LogP contribution is 2.27. The SMILES string of the molecule is Cc1ccc(NC(=O)c2cc(Cl)ccc2Br)c([N+](=O)[O-])c1. The second-order valence-electron chi connectivity index (χ2n) is 4.36. The number of nitro benzene ring substituents is 1. The van der Waals surface area contributed by atoms with Gasteiger partial charge < -0.3 is 5.32 Å². The third-order valence-electron chi connectivity index (χ3n) is 2.77. The molecule has 0 bridgehead atoms. The van der Waals surface area contributed by atoms with Crippen LogP contribution in [0.1, 0.15) is 15.9 Å². The first-order chi connectivity index (χ1) is 9.88. The lowest BCUT2D eigenvalue weighted by molar-refractivity contribution is -0.384. The molecule has 0 fully saturated rings. The van der Waals surface area contributed by atoms with Crippen LogP contribution in [0.25, 0.3) is 0 Å². The third kappa shape index (κ3) is 3.59.